The second-order valence-corrected chi connectivity index (χ2v) is 6.04. The second kappa shape index (κ2) is 8.16. The summed E-state index contributed by atoms with van der Waals surface area (Å²) in [7, 11) is 1.56. The Morgan fingerprint density at radius 3 is 2.77 bits per heavy atom. The Kier molecular flexibility index (Phi) is 5.70. The summed E-state index contributed by atoms with van der Waals surface area (Å²) in [5.41, 5.74) is 1.65. The van der Waals surface area contributed by atoms with Crippen molar-refractivity contribution >= 4 is 30.0 Å². The molecule has 3 rings (SSSR count). The highest BCUT2D eigenvalue weighted by molar-refractivity contribution is 7.71. The smallest absolute Gasteiger partial charge is 0.216 e. The molecule has 0 aliphatic rings. The summed E-state index contributed by atoms with van der Waals surface area (Å²) in [6, 6.07) is 13.2. The highest BCUT2D eigenvalue weighted by Crippen LogP contribution is 2.36. The van der Waals surface area contributed by atoms with Crippen LogP contribution in [0.25, 0.3) is 11.4 Å². The van der Waals surface area contributed by atoms with Crippen LogP contribution in [0.3, 0.4) is 0 Å². The van der Waals surface area contributed by atoms with Crippen LogP contribution in [0.1, 0.15) is 12.5 Å². The Bertz CT molecular complexity index is 983. The average molecular weight is 389 g/mol. The Morgan fingerprint density at radius 1 is 1.31 bits per heavy atom. The molecule has 2 aromatic carbocycles. The van der Waals surface area contributed by atoms with Gasteiger partial charge in [0.1, 0.15) is 0 Å². The predicted molar refractivity (Wildman–Crippen MR) is 105 cm³/mol. The third kappa shape index (κ3) is 3.79. The van der Waals surface area contributed by atoms with E-state index >= 15 is 0 Å². The molecule has 1 heterocycles. The van der Waals surface area contributed by atoms with Crippen LogP contribution in [0.4, 0.5) is 0 Å². The molecule has 0 radical (unpaired) electrons. The molecule has 0 fully saturated rings. The summed E-state index contributed by atoms with van der Waals surface area (Å²) in [5, 5.41) is 11.9. The van der Waals surface area contributed by atoms with E-state index in [1.807, 2.05) is 37.3 Å². The number of aromatic nitrogens is 3. The minimum absolute atomic E-state index is 0.393. The van der Waals surface area contributed by atoms with E-state index < -0.39 is 0 Å². The van der Waals surface area contributed by atoms with Crippen molar-refractivity contribution < 1.29 is 9.47 Å². The number of methoxy groups -OCH3 is 1. The van der Waals surface area contributed by atoms with Crippen molar-refractivity contribution in [1.82, 2.24) is 14.9 Å². The molecule has 8 heteroatoms. The molecule has 26 heavy (non-hydrogen) atoms. The van der Waals surface area contributed by atoms with E-state index in [1.54, 1.807) is 30.1 Å². The SMILES string of the molecule is CCOc1c(Cl)cc(/C=N\n2c(-c3ccccc3)n[nH]c2=S)cc1OC. The molecule has 3 aromatic rings. The number of aromatic amines is 1. The zero-order valence-corrected chi connectivity index (χ0v) is 15.8. The fraction of sp³-hybridized carbons (Fsp3) is 0.167. The lowest BCUT2D eigenvalue weighted by atomic mass is 10.2. The first-order chi connectivity index (χ1) is 12.6. The van der Waals surface area contributed by atoms with Gasteiger partial charge in [0.25, 0.3) is 0 Å². The van der Waals surface area contributed by atoms with E-state index in [-0.39, 0.29) is 0 Å². The molecule has 0 unspecified atom stereocenters. The van der Waals surface area contributed by atoms with Crippen molar-refractivity contribution in [3.63, 3.8) is 0 Å². The standard InChI is InChI=1S/C18H17ClN4O2S/c1-3-25-16-14(19)9-12(10-15(16)24-2)11-20-23-17(21-22-18(23)26)13-7-5-4-6-8-13/h4-11H,3H2,1-2H3,(H,22,26)/b20-11-. The van der Waals surface area contributed by atoms with Crippen molar-refractivity contribution in [3.05, 3.63) is 57.8 Å². The quantitative estimate of drug-likeness (QED) is 0.497. The number of ether oxygens (including phenoxy) is 2. The maximum absolute atomic E-state index is 6.30. The molecule has 1 aromatic heterocycles. The minimum Gasteiger partial charge on any atom is -0.493 e. The fourth-order valence-corrected chi connectivity index (χ4v) is 2.85. The van der Waals surface area contributed by atoms with Gasteiger partial charge in [-0.25, -0.2) is 5.10 Å². The molecule has 6 nitrogen and oxygen atoms in total. The topological polar surface area (TPSA) is 64.4 Å². The summed E-state index contributed by atoms with van der Waals surface area (Å²) in [5.74, 6) is 1.68. The Labute approximate surface area is 161 Å². The molecule has 0 bridgehead atoms. The van der Waals surface area contributed by atoms with Crippen molar-refractivity contribution in [1.29, 1.82) is 0 Å². The summed E-state index contributed by atoms with van der Waals surface area (Å²) in [6.07, 6.45) is 1.64. The van der Waals surface area contributed by atoms with Crippen LogP contribution in [0.5, 0.6) is 11.5 Å². The lowest BCUT2D eigenvalue weighted by Gasteiger charge is -2.11. The summed E-state index contributed by atoms with van der Waals surface area (Å²) >= 11 is 11.6. The summed E-state index contributed by atoms with van der Waals surface area (Å²) in [4.78, 5) is 0. The van der Waals surface area contributed by atoms with Crippen molar-refractivity contribution in [2.75, 3.05) is 13.7 Å². The minimum atomic E-state index is 0.393. The summed E-state index contributed by atoms with van der Waals surface area (Å²) < 4.78 is 12.8. The van der Waals surface area contributed by atoms with Gasteiger partial charge in [-0.15, -0.1) is 0 Å². The first kappa shape index (κ1) is 18.2. The van der Waals surface area contributed by atoms with Gasteiger partial charge < -0.3 is 9.47 Å². The highest BCUT2D eigenvalue weighted by atomic mass is 35.5. The van der Waals surface area contributed by atoms with Gasteiger partial charge in [-0.1, -0.05) is 41.9 Å². The van der Waals surface area contributed by atoms with E-state index in [4.69, 9.17) is 33.3 Å². The highest BCUT2D eigenvalue weighted by Gasteiger charge is 2.11. The molecular formula is C18H17ClN4O2S. The van der Waals surface area contributed by atoms with Gasteiger partial charge in [0.2, 0.25) is 4.77 Å². The van der Waals surface area contributed by atoms with Crippen LogP contribution in [0, 0.1) is 4.77 Å². The third-order valence-electron chi connectivity index (χ3n) is 3.55. The van der Waals surface area contributed by atoms with Gasteiger partial charge in [-0.2, -0.15) is 14.9 Å². The van der Waals surface area contributed by atoms with Gasteiger partial charge in [0, 0.05) is 5.56 Å². The maximum atomic E-state index is 6.30. The number of benzene rings is 2. The predicted octanol–water partition coefficient (Wildman–Crippen LogP) is 4.55. The first-order valence-electron chi connectivity index (χ1n) is 7.91. The number of nitrogens with zero attached hydrogens (tertiary/aromatic N) is 3. The zero-order valence-electron chi connectivity index (χ0n) is 14.3. The lowest BCUT2D eigenvalue weighted by Crippen LogP contribution is -1.99. The molecule has 0 saturated heterocycles. The van der Waals surface area contributed by atoms with Crippen molar-refractivity contribution in [2.24, 2.45) is 5.10 Å². The molecule has 0 aliphatic heterocycles. The molecule has 0 saturated carbocycles. The van der Waals surface area contributed by atoms with E-state index in [2.05, 4.69) is 15.3 Å². The van der Waals surface area contributed by atoms with Gasteiger partial charge in [-0.3, -0.25) is 0 Å². The fourth-order valence-electron chi connectivity index (χ4n) is 2.40. The summed E-state index contributed by atoms with van der Waals surface area (Å²) in [6.45, 7) is 2.38. The second-order valence-electron chi connectivity index (χ2n) is 5.24. The van der Waals surface area contributed by atoms with E-state index in [0.717, 1.165) is 11.1 Å². The molecule has 134 valence electrons. The molecule has 1 N–H and O–H groups in total. The third-order valence-corrected chi connectivity index (χ3v) is 4.09. The molecule has 0 spiro atoms. The Balaban J connectivity index is 1.98. The normalized spacial score (nSPS) is 11.0. The van der Waals surface area contributed by atoms with Crippen LogP contribution in [-0.4, -0.2) is 34.8 Å². The first-order valence-corrected chi connectivity index (χ1v) is 8.70. The van der Waals surface area contributed by atoms with Crippen LogP contribution in [-0.2, 0) is 0 Å². The molecule has 0 aliphatic carbocycles. The molecule has 0 atom stereocenters. The number of rotatable bonds is 6. The van der Waals surface area contributed by atoms with Gasteiger partial charge in [-0.05, 0) is 36.8 Å². The van der Waals surface area contributed by atoms with E-state index in [1.165, 1.54) is 0 Å². The van der Waals surface area contributed by atoms with Crippen LogP contribution < -0.4 is 9.47 Å². The monoisotopic (exact) mass is 388 g/mol. The van der Waals surface area contributed by atoms with Crippen molar-refractivity contribution in [3.8, 4) is 22.9 Å². The zero-order chi connectivity index (χ0) is 18.5. The van der Waals surface area contributed by atoms with Gasteiger partial charge in [0.05, 0.1) is 25.0 Å². The van der Waals surface area contributed by atoms with Gasteiger partial charge in [0.15, 0.2) is 17.3 Å². The largest absolute Gasteiger partial charge is 0.493 e. The maximum Gasteiger partial charge on any atom is 0.216 e. The van der Waals surface area contributed by atoms with Gasteiger partial charge >= 0.3 is 0 Å². The van der Waals surface area contributed by atoms with Crippen molar-refractivity contribution in [2.45, 2.75) is 6.92 Å². The molecular weight excluding hydrogens is 372 g/mol. The lowest BCUT2D eigenvalue weighted by molar-refractivity contribution is 0.311. The number of hydrogen-bond acceptors (Lipinski definition) is 5. The van der Waals surface area contributed by atoms with E-state index in [9.17, 15) is 0 Å². The number of halogens is 1. The molecule has 0 amide bonds. The van der Waals surface area contributed by atoms with E-state index in [0.29, 0.717) is 33.7 Å². The Morgan fingerprint density at radius 2 is 2.08 bits per heavy atom. The Hall–Kier alpha value is -2.64. The van der Waals surface area contributed by atoms with Crippen LogP contribution in [0.2, 0.25) is 5.02 Å². The number of H-pyrrole nitrogens is 1. The van der Waals surface area contributed by atoms with Crippen LogP contribution >= 0.6 is 23.8 Å². The number of hydrogen-bond donors (Lipinski definition) is 1. The van der Waals surface area contributed by atoms with Crippen LogP contribution in [0.15, 0.2) is 47.6 Å². The number of nitrogens with one attached hydrogen (secondary N) is 1. The average Bonchev–Trinajstić information content (AvgIpc) is 3.03.